The fourth-order valence-electron chi connectivity index (χ4n) is 3.39. The minimum Gasteiger partial charge on any atom is -0.380 e. The van der Waals surface area contributed by atoms with Gasteiger partial charge in [-0.2, -0.15) is 5.26 Å². The van der Waals surface area contributed by atoms with Crippen molar-refractivity contribution in [2.45, 2.75) is 37.8 Å². The van der Waals surface area contributed by atoms with E-state index in [-0.39, 0.29) is 23.3 Å². The lowest BCUT2D eigenvalue weighted by atomic mass is 9.90. The summed E-state index contributed by atoms with van der Waals surface area (Å²) in [7, 11) is 5.78. The number of hydrogen-bond donors (Lipinski definition) is 3. The summed E-state index contributed by atoms with van der Waals surface area (Å²) in [5, 5.41) is 26.1. The van der Waals surface area contributed by atoms with Gasteiger partial charge in [0.15, 0.2) is 17.2 Å². The Hall–Kier alpha value is -3.32. The molecule has 2 aromatic heterocycles. The van der Waals surface area contributed by atoms with Crippen molar-refractivity contribution in [2.24, 2.45) is 0 Å². The minimum atomic E-state index is -0.299. The second-order valence-electron chi connectivity index (χ2n) is 7.21. The zero-order chi connectivity index (χ0) is 20.8. The molecule has 152 valence electrons. The van der Waals surface area contributed by atoms with Crippen LogP contribution in [-0.2, 0) is 0 Å². The van der Waals surface area contributed by atoms with Crippen LogP contribution < -0.4 is 16.0 Å². The lowest BCUT2D eigenvalue weighted by Crippen LogP contribution is -2.36. The third kappa shape index (κ3) is 5.14. The standard InChI is InChI=1S/C19H25N9O/c1-21-19(29)18-15(24-12-4-6-14(7-5-12)28(2)3)8-16(26-27-18)25-17-11-22-13(9-20)10-23-17/h8,10-12,14H,4-7H2,1-3H3,(H,21,29)(H2,23,24,25,26). The van der Waals surface area contributed by atoms with Gasteiger partial charge in [-0.15, -0.1) is 10.2 Å². The van der Waals surface area contributed by atoms with Crippen LogP contribution in [0.4, 0.5) is 17.3 Å². The van der Waals surface area contributed by atoms with E-state index < -0.39 is 0 Å². The highest BCUT2D eigenvalue weighted by molar-refractivity contribution is 5.97. The molecular weight excluding hydrogens is 370 g/mol. The van der Waals surface area contributed by atoms with Gasteiger partial charge in [-0.3, -0.25) is 4.79 Å². The molecule has 1 aliphatic carbocycles. The Balaban J connectivity index is 1.77. The molecule has 1 fully saturated rings. The molecule has 2 heterocycles. The van der Waals surface area contributed by atoms with E-state index in [2.05, 4.69) is 55.1 Å². The van der Waals surface area contributed by atoms with Crippen molar-refractivity contribution in [1.29, 1.82) is 5.26 Å². The lowest BCUT2D eigenvalue weighted by molar-refractivity contribution is 0.0958. The van der Waals surface area contributed by atoms with Crippen molar-refractivity contribution in [3.05, 3.63) is 29.8 Å². The van der Waals surface area contributed by atoms with E-state index in [1.165, 1.54) is 12.4 Å². The highest BCUT2D eigenvalue weighted by Crippen LogP contribution is 2.26. The van der Waals surface area contributed by atoms with Crippen LogP contribution in [0.1, 0.15) is 41.9 Å². The zero-order valence-corrected chi connectivity index (χ0v) is 16.8. The Kier molecular flexibility index (Phi) is 6.51. The summed E-state index contributed by atoms with van der Waals surface area (Å²) in [5.41, 5.74) is 1.10. The Labute approximate surface area is 169 Å². The fraction of sp³-hybridized carbons (Fsp3) is 0.474. The molecule has 1 saturated carbocycles. The molecule has 0 atom stereocenters. The van der Waals surface area contributed by atoms with Gasteiger partial charge in [0.25, 0.3) is 5.91 Å². The van der Waals surface area contributed by atoms with Gasteiger partial charge in [0.1, 0.15) is 11.9 Å². The largest absolute Gasteiger partial charge is 0.380 e. The van der Waals surface area contributed by atoms with E-state index >= 15 is 0 Å². The molecule has 0 bridgehead atoms. The van der Waals surface area contributed by atoms with Gasteiger partial charge in [0.05, 0.1) is 18.1 Å². The molecule has 0 unspecified atom stereocenters. The summed E-state index contributed by atoms with van der Waals surface area (Å²) in [4.78, 5) is 22.6. The first kappa shape index (κ1) is 20.4. The van der Waals surface area contributed by atoms with Crippen molar-refractivity contribution < 1.29 is 4.79 Å². The van der Waals surface area contributed by atoms with Crippen molar-refractivity contribution in [1.82, 2.24) is 30.4 Å². The third-order valence-electron chi connectivity index (χ3n) is 5.05. The first-order chi connectivity index (χ1) is 14.0. The normalized spacial score (nSPS) is 18.7. The molecule has 0 saturated heterocycles. The average Bonchev–Trinajstić information content (AvgIpc) is 2.74. The molecule has 0 radical (unpaired) electrons. The van der Waals surface area contributed by atoms with Crippen LogP contribution in [0.3, 0.4) is 0 Å². The number of nitriles is 1. The van der Waals surface area contributed by atoms with Crippen molar-refractivity contribution in [3.8, 4) is 6.07 Å². The quantitative estimate of drug-likeness (QED) is 0.666. The zero-order valence-electron chi connectivity index (χ0n) is 16.8. The summed E-state index contributed by atoms with van der Waals surface area (Å²) < 4.78 is 0. The minimum absolute atomic E-state index is 0.229. The van der Waals surface area contributed by atoms with Crippen LogP contribution >= 0.6 is 0 Å². The van der Waals surface area contributed by atoms with Gasteiger partial charge in [0.2, 0.25) is 0 Å². The van der Waals surface area contributed by atoms with E-state index in [0.29, 0.717) is 23.4 Å². The smallest absolute Gasteiger partial charge is 0.273 e. The second kappa shape index (κ2) is 9.25. The average molecular weight is 395 g/mol. The molecular formula is C19H25N9O. The number of aromatic nitrogens is 4. The van der Waals surface area contributed by atoms with Crippen LogP contribution in [0.15, 0.2) is 18.5 Å². The number of rotatable bonds is 6. The van der Waals surface area contributed by atoms with E-state index in [0.717, 1.165) is 25.7 Å². The van der Waals surface area contributed by atoms with Crippen LogP contribution in [0.25, 0.3) is 0 Å². The number of nitrogens with one attached hydrogen (secondary N) is 3. The summed E-state index contributed by atoms with van der Waals surface area (Å²) in [6.45, 7) is 0. The topological polar surface area (TPSA) is 132 Å². The van der Waals surface area contributed by atoms with E-state index in [1.807, 2.05) is 6.07 Å². The molecule has 1 aliphatic rings. The van der Waals surface area contributed by atoms with Gasteiger partial charge < -0.3 is 20.9 Å². The number of hydrogen-bond acceptors (Lipinski definition) is 9. The highest BCUT2D eigenvalue weighted by atomic mass is 16.1. The van der Waals surface area contributed by atoms with Gasteiger partial charge in [-0.05, 0) is 39.8 Å². The highest BCUT2D eigenvalue weighted by Gasteiger charge is 2.24. The van der Waals surface area contributed by atoms with Gasteiger partial charge in [0, 0.05) is 25.2 Å². The van der Waals surface area contributed by atoms with Crippen molar-refractivity contribution in [3.63, 3.8) is 0 Å². The fourth-order valence-corrected chi connectivity index (χ4v) is 3.39. The Morgan fingerprint density at radius 1 is 1.14 bits per heavy atom. The van der Waals surface area contributed by atoms with E-state index in [4.69, 9.17) is 5.26 Å². The second-order valence-corrected chi connectivity index (χ2v) is 7.21. The molecule has 3 rings (SSSR count). The van der Waals surface area contributed by atoms with Gasteiger partial charge in [-0.1, -0.05) is 0 Å². The van der Waals surface area contributed by atoms with Crippen LogP contribution in [-0.4, -0.2) is 64.2 Å². The van der Waals surface area contributed by atoms with Crippen LogP contribution in [0.2, 0.25) is 0 Å². The predicted octanol–water partition coefficient (Wildman–Crippen LogP) is 1.53. The molecule has 0 spiro atoms. The summed E-state index contributed by atoms with van der Waals surface area (Å²) >= 11 is 0. The predicted molar refractivity (Wildman–Crippen MR) is 109 cm³/mol. The Morgan fingerprint density at radius 2 is 1.90 bits per heavy atom. The lowest BCUT2D eigenvalue weighted by Gasteiger charge is -2.33. The van der Waals surface area contributed by atoms with Gasteiger partial charge >= 0.3 is 0 Å². The first-order valence-corrected chi connectivity index (χ1v) is 9.52. The first-order valence-electron chi connectivity index (χ1n) is 9.52. The SMILES string of the molecule is CNC(=O)c1nnc(Nc2cnc(C#N)cn2)cc1NC1CCC(N(C)C)CC1. The monoisotopic (exact) mass is 395 g/mol. The van der Waals surface area contributed by atoms with Crippen molar-refractivity contribution in [2.75, 3.05) is 31.8 Å². The maximum absolute atomic E-state index is 12.2. The molecule has 29 heavy (non-hydrogen) atoms. The third-order valence-corrected chi connectivity index (χ3v) is 5.05. The van der Waals surface area contributed by atoms with Gasteiger partial charge in [-0.25, -0.2) is 9.97 Å². The summed E-state index contributed by atoms with van der Waals surface area (Å²) in [6.07, 6.45) is 7.05. The molecule has 2 aromatic rings. The van der Waals surface area contributed by atoms with Crippen molar-refractivity contribution >= 4 is 23.2 Å². The maximum atomic E-state index is 12.2. The van der Waals surface area contributed by atoms with Crippen LogP contribution in [0.5, 0.6) is 0 Å². The Morgan fingerprint density at radius 3 is 2.48 bits per heavy atom. The number of carbonyl (C=O) groups excluding carboxylic acids is 1. The number of nitrogens with zero attached hydrogens (tertiary/aromatic N) is 6. The maximum Gasteiger partial charge on any atom is 0.273 e. The molecule has 3 N–H and O–H groups in total. The summed E-state index contributed by atoms with van der Waals surface area (Å²) in [5.74, 6) is 0.566. The molecule has 10 nitrogen and oxygen atoms in total. The molecule has 1 amide bonds. The molecule has 0 aliphatic heterocycles. The molecule has 10 heteroatoms. The summed E-state index contributed by atoms with van der Waals surface area (Å²) in [6, 6.07) is 4.52. The number of amides is 1. The van der Waals surface area contributed by atoms with E-state index in [9.17, 15) is 4.79 Å². The molecule has 0 aromatic carbocycles. The van der Waals surface area contributed by atoms with Crippen LogP contribution in [0, 0.1) is 11.3 Å². The Bertz CT molecular complexity index is 884. The van der Waals surface area contributed by atoms with E-state index in [1.54, 1.807) is 13.1 Å². The number of carbonyl (C=O) groups is 1. The number of anilines is 3.